The van der Waals surface area contributed by atoms with Crippen molar-refractivity contribution in [3.63, 3.8) is 0 Å². The fraction of sp³-hybridized carbons (Fsp3) is 0.846. The van der Waals surface area contributed by atoms with Crippen molar-refractivity contribution in [1.29, 1.82) is 0 Å². The molecule has 1 atom stereocenters. The highest BCUT2D eigenvalue weighted by Gasteiger charge is 2.21. The molecule has 2 N–H and O–H groups in total. The normalized spacial score (nSPS) is 14.3. The average Bonchev–Trinajstić information content (AvgIpc) is 2.12. The molecule has 0 aromatic rings. The van der Waals surface area contributed by atoms with Crippen LogP contribution in [0.4, 0.5) is 0 Å². The fourth-order valence-corrected chi connectivity index (χ4v) is 1.62. The van der Waals surface area contributed by atoms with Gasteiger partial charge in [-0.05, 0) is 27.2 Å². The Morgan fingerprint density at radius 3 is 2.40 bits per heavy atom. The second kappa shape index (κ2) is 7.02. The average molecular weight is 212 g/mol. The maximum absolute atomic E-state index is 6.11. The maximum Gasteiger partial charge on any atom is 0.0168 e. The first-order valence-corrected chi connectivity index (χ1v) is 6.03. The molecule has 0 aliphatic rings. The molecule has 0 saturated carbocycles. The molecule has 0 aliphatic carbocycles. The Bertz CT molecular complexity index is 170. The smallest absolute Gasteiger partial charge is 0.0168 e. The molecule has 0 amide bonds. The largest absolute Gasteiger partial charge is 0.327 e. The van der Waals surface area contributed by atoms with Crippen molar-refractivity contribution in [2.45, 2.75) is 58.5 Å². The number of nitrogens with two attached hydrogens (primary N) is 1. The molecule has 2 heteroatoms. The van der Waals surface area contributed by atoms with Crippen LogP contribution in [0.25, 0.3) is 0 Å². The zero-order chi connectivity index (χ0) is 11.9. The zero-order valence-corrected chi connectivity index (χ0v) is 10.9. The summed E-state index contributed by atoms with van der Waals surface area (Å²) in [6.07, 6.45) is 5.54. The van der Waals surface area contributed by atoms with Crippen LogP contribution in [0.1, 0.15) is 47.0 Å². The van der Waals surface area contributed by atoms with Crippen LogP contribution in [0.2, 0.25) is 0 Å². The van der Waals surface area contributed by atoms with Gasteiger partial charge in [-0.1, -0.05) is 25.8 Å². The number of hydrogen-bond acceptors (Lipinski definition) is 2. The molecule has 0 aromatic heterocycles. The van der Waals surface area contributed by atoms with Crippen molar-refractivity contribution < 1.29 is 0 Å². The van der Waals surface area contributed by atoms with Crippen LogP contribution in [0, 0.1) is 0 Å². The van der Waals surface area contributed by atoms with Crippen molar-refractivity contribution in [3.05, 3.63) is 12.7 Å². The third-order valence-electron chi connectivity index (χ3n) is 2.68. The topological polar surface area (TPSA) is 29.3 Å². The van der Waals surface area contributed by atoms with Crippen LogP contribution in [-0.2, 0) is 0 Å². The van der Waals surface area contributed by atoms with E-state index in [0.717, 1.165) is 19.5 Å². The molecular weight excluding hydrogens is 184 g/mol. The molecule has 0 spiro atoms. The molecule has 0 bridgehead atoms. The number of hydrogen-bond donors (Lipinski definition) is 1. The van der Waals surface area contributed by atoms with Gasteiger partial charge in [0.25, 0.3) is 0 Å². The molecule has 1 unspecified atom stereocenters. The quantitative estimate of drug-likeness (QED) is 0.658. The van der Waals surface area contributed by atoms with Gasteiger partial charge in [-0.2, -0.15) is 0 Å². The molecular formula is C13H28N2. The van der Waals surface area contributed by atoms with Crippen LogP contribution in [0.5, 0.6) is 0 Å². The molecule has 0 rings (SSSR count). The Morgan fingerprint density at radius 2 is 2.00 bits per heavy atom. The van der Waals surface area contributed by atoms with Gasteiger partial charge in [-0.3, -0.25) is 4.90 Å². The third-order valence-corrected chi connectivity index (χ3v) is 2.68. The van der Waals surface area contributed by atoms with Crippen LogP contribution < -0.4 is 5.73 Å². The Morgan fingerprint density at radius 1 is 1.40 bits per heavy atom. The van der Waals surface area contributed by atoms with E-state index in [2.05, 4.69) is 39.2 Å². The van der Waals surface area contributed by atoms with Gasteiger partial charge in [-0.15, -0.1) is 6.58 Å². The minimum absolute atomic E-state index is 0.179. The minimum Gasteiger partial charge on any atom is -0.327 e. The fourth-order valence-electron chi connectivity index (χ4n) is 1.62. The van der Waals surface area contributed by atoms with Crippen molar-refractivity contribution in [1.82, 2.24) is 4.90 Å². The molecule has 90 valence electrons. The lowest BCUT2D eigenvalue weighted by atomic mass is 10.0. The summed E-state index contributed by atoms with van der Waals surface area (Å²) in [5, 5.41) is 0. The summed E-state index contributed by atoms with van der Waals surface area (Å²) >= 11 is 0. The SMILES string of the molecule is C=CCN(CC(N)CCCC)C(C)(C)C. The monoisotopic (exact) mass is 212 g/mol. The first-order chi connectivity index (χ1) is 6.91. The predicted octanol–water partition coefficient (Wildman–Crippen LogP) is 2.79. The lowest BCUT2D eigenvalue weighted by Crippen LogP contribution is -2.47. The number of unbranched alkanes of at least 4 members (excludes halogenated alkanes) is 1. The van der Waals surface area contributed by atoms with Crippen LogP contribution in [0.3, 0.4) is 0 Å². The van der Waals surface area contributed by atoms with Crippen molar-refractivity contribution in [2.75, 3.05) is 13.1 Å². The summed E-state index contributed by atoms with van der Waals surface area (Å²) in [5.74, 6) is 0. The van der Waals surface area contributed by atoms with Crippen LogP contribution in [0.15, 0.2) is 12.7 Å². The molecule has 0 aliphatic heterocycles. The standard InChI is InChI=1S/C13H28N2/c1-6-8-9-12(14)11-15(10-7-2)13(3,4)5/h7,12H,2,6,8-11,14H2,1,3-5H3. The highest BCUT2D eigenvalue weighted by Crippen LogP contribution is 2.14. The first kappa shape index (κ1) is 14.7. The molecule has 0 aromatic carbocycles. The molecule has 15 heavy (non-hydrogen) atoms. The molecule has 0 radical (unpaired) electrons. The second-order valence-electron chi connectivity index (χ2n) is 5.27. The summed E-state index contributed by atoms with van der Waals surface area (Å²) in [6.45, 7) is 14.6. The van der Waals surface area contributed by atoms with Gasteiger partial charge in [0.15, 0.2) is 0 Å². The second-order valence-corrected chi connectivity index (χ2v) is 5.27. The maximum atomic E-state index is 6.11. The van der Waals surface area contributed by atoms with Gasteiger partial charge in [0.2, 0.25) is 0 Å². The Hall–Kier alpha value is -0.340. The van der Waals surface area contributed by atoms with E-state index < -0.39 is 0 Å². The lowest BCUT2D eigenvalue weighted by Gasteiger charge is -2.36. The van der Waals surface area contributed by atoms with Gasteiger partial charge in [0.05, 0.1) is 0 Å². The van der Waals surface area contributed by atoms with Crippen molar-refractivity contribution in [3.8, 4) is 0 Å². The molecule has 2 nitrogen and oxygen atoms in total. The Kier molecular flexibility index (Phi) is 6.86. The molecule has 0 saturated heterocycles. The number of nitrogens with zero attached hydrogens (tertiary/aromatic N) is 1. The van der Waals surface area contributed by atoms with E-state index in [-0.39, 0.29) is 5.54 Å². The summed E-state index contributed by atoms with van der Waals surface area (Å²) in [7, 11) is 0. The molecule has 0 fully saturated rings. The van der Waals surface area contributed by atoms with E-state index in [9.17, 15) is 0 Å². The minimum atomic E-state index is 0.179. The van der Waals surface area contributed by atoms with Gasteiger partial charge >= 0.3 is 0 Å². The van der Waals surface area contributed by atoms with Gasteiger partial charge < -0.3 is 5.73 Å². The van der Waals surface area contributed by atoms with E-state index in [1.807, 2.05) is 6.08 Å². The lowest BCUT2D eigenvalue weighted by molar-refractivity contribution is 0.142. The van der Waals surface area contributed by atoms with Crippen molar-refractivity contribution in [2.24, 2.45) is 5.73 Å². The Balaban J connectivity index is 4.10. The zero-order valence-electron chi connectivity index (χ0n) is 10.9. The first-order valence-electron chi connectivity index (χ1n) is 6.03. The highest BCUT2D eigenvalue weighted by molar-refractivity contribution is 4.85. The van der Waals surface area contributed by atoms with Crippen molar-refractivity contribution >= 4 is 0 Å². The van der Waals surface area contributed by atoms with E-state index in [4.69, 9.17) is 5.73 Å². The summed E-state index contributed by atoms with van der Waals surface area (Å²) in [4.78, 5) is 2.39. The van der Waals surface area contributed by atoms with E-state index in [1.54, 1.807) is 0 Å². The predicted molar refractivity (Wildman–Crippen MR) is 69.0 cm³/mol. The molecule has 0 heterocycles. The van der Waals surface area contributed by atoms with Gasteiger partial charge in [0.1, 0.15) is 0 Å². The van der Waals surface area contributed by atoms with E-state index >= 15 is 0 Å². The highest BCUT2D eigenvalue weighted by atomic mass is 15.2. The number of rotatable bonds is 7. The van der Waals surface area contributed by atoms with Crippen LogP contribution in [-0.4, -0.2) is 29.6 Å². The van der Waals surface area contributed by atoms with E-state index in [1.165, 1.54) is 12.8 Å². The van der Waals surface area contributed by atoms with Crippen LogP contribution >= 0.6 is 0 Å². The summed E-state index contributed by atoms with van der Waals surface area (Å²) in [5.41, 5.74) is 6.29. The Labute approximate surface area is 95.5 Å². The summed E-state index contributed by atoms with van der Waals surface area (Å²) in [6, 6.07) is 0.295. The van der Waals surface area contributed by atoms with Gasteiger partial charge in [0, 0.05) is 24.7 Å². The van der Waals surface area contributed by atoms with E-state index in [0.29, 0.717) is 6.04 Å². The third kappa shape index (κ3) is 6.69. The summed E-state index contributed by atoms with van der Waals surface area (Å²) < 4.78 is 0. The van der Waals surface area contributed by atoms with Gasteiger partial charge in [-0.25, -0.2) is 0 Å².